The molecule has 0 unspecified atom stereocenters. The van der Waals surface area contributed by atoms with E-state index in [1.807, 2.05) is 32.0 Å². The average molecular weight is 391 g/mol. The molecule has 0 aromatic heterocycles. The average Bonchev–Trinajstić information content (AvgIpc) is 2.61. The van der Waals surface area contributed by atoms with Crippen molar-refractivity contribution >= 4 is 16.1 Å². The summed E-state index contributed by atoms with van der Waals surface area (Å²) in [5, 5.41) is 10.5. The van der Waals surface area contributed by atoms with Gasteiger partial charge in [-0.1, -0.05) is 30.3 Å². The third-order valence-corrected chi connectivity index (χ3v) is 4.90. The third kappa shape index (κ3) is 6.58. The first-order valence-corrected chi connectivity index (χ1v) is 10.1. The van der Waals surface area contributed by atoms with Crippen LogP contribution in [0.5, 0.6) is 5.75 Å². The number of rotatable bonds is 8. The maximum absolute atomic E-state index is 11.8. The normalized spacial score (nSPS) is 11.1. The van der Waals surface area contributed by atoms with Gasteiger partial charge in [0.15, 0.2) is 0 Å². The molecule has 2 amide bonds. The van der Waals surface area contributed by atoms with E-state index in [0.717, 1.165) is 22.4 Å². The largest absolute Gasteiger partial charge is 0.493 e. The Bertz CT molecular complexity index is 860. The number of carbonyl (C=O) groups is 1. The molecule has 0 heterocycles. The van der Waals surface area contributed by atoms with Crippen LogP contribution in [0.1, 0.15) is 23.1 Å². The minimum Gasteiger partial charge on any atom is -0.493 e. The topological polar surface area (TPSA) is 111 Å². The summed E-state index contributed by atoms with van der Waals surface area (Å²) in [6.07, 6.45) is 0.685. The smallest absolute Gasteiger partial charge is 0.315 e. The Labute approximate surface area is 160 Å². The highest BCUT2D eigenvalue weighted by molar-refractivity contribution is 7.89. The van der Waals surface area contributed by atoms with Crippen LogP contribution in [0, 0.1) is 13.8 Å². The zero-order valence-corrected chi connectivity index (χ0v) is 16.3. The molecule has 0 aliphatic carbocycles. The van der Waals surface area contributed by atoms with Gasteiger partial charge in [-0.05, 0) is 49.1 Å². The first kappa shape index (κ1) is 20.7. The van der Waals surface area contributed by atoms with Gasteiger partial charge < -0.3 is 15.4 Å². The zero-order valence-electron chi connectivity index (χ0n) is 15.5. The number of benzene rings is 2. The molecular formula is C19H25N3O4S. The Hall–Kier alpha value is -2.58. The maximum Gasteiger partial charge on any atom is 0.315 e. The van der Waals surface area contributed by atoms with Crippen LogP contribution in [0.4, 0.5) is 4.79 Å². The molecule has 4 N–H and O–H groups in total. The predicted octanol–water partition coefficient (Wildman–Crippen LogP) is 2.22. The summed E-state index contributed by atoms with van der Waals surface area (Å²) in [6, 6.07) is 11.7. The van der Waals surface area contributed by atoms with Crippen LogP contribution in [0.2, 0.25) is 0 Å². The van der Waals surface area contributed by atoms with Crippen LogP contribution in [0.15, 0.2) is 47.4 Å². The zero-order chi connectivity index (χ0) is 19.9. The third-order valence-electron chi connectivity index (χ3n) is 3.97. The number of primary sulfonamides is 1. The van der Waals surface area contributed by atoms with E-state index in [1.54, 1.807) is 12.1 Å². The summed E-state index contributed by atoms with van der Waals surface area (Å²) < 4.78 is 28.2. The van der Waals surface area contributed by atoms with Crippen molar-refractivity contribution in [1.82, 2.24) is 10.6 Å². The molecule has 0 radical (unpaired) electrons. The van der Waals surface area contributed by atoms with Crippen molar-refractivity contribution in [3.63, 3.8) is 0 Å². The van der Waals surface area contributed by atoms with E-state index in [4.69, 9.17) is 9.88 Å². The molecule has 0 atom stereocenters. The van der Waals surface area contributed by atoms with Crippen molar-refractivity contribution in [1.29, 1.82) is 0 Å². The minimum atomic E-state index is -3.71. The summed E-state index contributed by atoms with van der Waals surface area (Å²) in [5.74, 6) is 0.893. The van der Waals surface area contributed by atoms with Crippen LogP contribution >= 0.6 is 0 Å². The standard InChI is InChI=1S/C19H25N3O4S/c1-14-5-3-6-15(2)18(14)26-12-4-11-21-19(23)22-13-16-7-9-17(10-8-16)27(20,24)25/h3,5-10H,4,11-13H2,1-2H3,(H2,20,24,25)(H2,21,22,23). The molecule has 0 saturated carbocycles. The van der Waals surface area contributed by atoms with Gasteiger partial charge >= 0.3 is 6.03 Å². The fourth-order valence-electron chi connectivity index (χ4n) is 2.52. The number of para-hydroxylation sites is 1. The van der Waals surface area contributed by atoms with E-state index in [2.05, 4.69) is 10.6 Å². The Morgan fingerprint density at radius 3 is 2.26 bits per heavy atom. The van der Waals surface area contributed by atoms with E-state index in [1.165, 1.54) is 12.1 Å². The second-order valence-electron chi connectivity index (χ2n) is 6.22. The van der Waals surface area contributed by atoms with Crippen LogP contribution in [-0.4, -0.2) is 27.6 Å². The molecule has 0 saturated heterocycles. The van der Waals surface area contributed by atoms with Gasteiger partial charge in [0.05, 0.1) is 11.5 Å². The summed E-state index contributed by atoms with van der Waals surface area (Å²) in [6.45, 7) is 5.30. The summed E-state index contributed by atoms with van der Waals surface area (Å²) >= 11 is 0. The lowest BCUT2D eigenvalue weighted by molar-refractivity contribution is 0.238. The molecule has 0 aliphatic rings. The molecule has 0 spiro atoms. The molecule has 0 bridgehead atoms. The molecule has 146 valence electrons. The number of hydrogen-bond acceptors (Lipinski definition) is 4. The predicted molar refractivity (Wildman–Crippen MR) is 104 cm³/mol. The lowest BCUT2D eigenvalue weighted by atomic mass is 10.1. The van der Waals surface area contributed by atoms with Gasteiger partial charge in [-0.15, -0.1) is 0 Å². The fraction of sp³-hybridized carbons (Fsp3) is 0.316. The van der Waals surface area contributed by atoms with Crippen LogP contribution < -0.4 is 20.5 Å². The van der Waals surface area contributed by atoms with Gasteiger partial charge in [-0.3, -0.25) is 0 Å². The second kappa shape index (κ2) is 9.38. The van der Waals surface area contributed by atoms with Crippen molar-refractivity contribution in [2.75, 3.05) is 13.2 Å². The highest BCUT2D eigenvalue weighted by Gasteiger charge is 2.07. The van der Waals surface area contributed by atoms with Gasteiger partial charge in [0, 0.05) is 13.1 Å². The van der Waals surface area contributed by atoms with Gasteiger partial charge in [0.25, 0.3) is 0 Å². The number of nitrogens with one attached hydrogen (secondary N) is 2. The Morgan fingerprint density at radius 2 is 1.67 bits per heavy atom. The van der Waals surface area contributed by atoms with Crippen molar-refractivity contribution in [2.45, 2.75) is 31.7 Å². The molecule has 8 heteroatoms. The highest BCUT2D eigenvalue weighted by atomic mass is 32.2. The maximum atomic E-state index is 11.8. The number of carbonyl (C=O) groups excluding carboxylic acids is 1. The van der Waals surface area contributed by atoms with E-state index < -0.39 is 10.0 Å². The number of ether oxygens (including phenoxy) is 1. The first-order valence-electron chi connectivity index (χ1n) is 8.60. The molecule has 0 aliphatic heterocycles. The molecule has 2 rings (SSSR count). The van der Waals surface area contributed by atoms with Crippen LogP contribution in [-0.2, 0) is 16.6 Å². The van der Waals surface area contributed by atoms with Crippen LogP contribution in [0.25, 0.3) is 0 Å². The quantitative estimate of drug-likeness (QED) is 0.599. The van der Waals surface area contributed by atoms with Gasteiger partial charge in [-0.2, -0.15) is 0 Å². The molecule has 2 aromatic rings. The Kier molecular flexibility index (Phi) is 7.20. The van der Waals surface area contributed by atoms with Crippen molar-refractivity contribution in [2.24, 2.45) is 5.14 Å². The molecule has 0 fully saturated rings. The monoisotopic (exact) mass is 391 g/mol. The summed E-state index contributed by atoms with van der Waals surface area (Å²) in [7, 11) is -3.71. The summed E-state index contributed by atoms with van der Waals surface area (Å²) in [4.78, 5) is 11.8. The van der Waals surface area contributed by atoms with Gasteiger partial charge in [-0.25, -0.2) is 18.4 Å². The van der Waals surface area contributed by atoms with Crippen molar-refractivity contribution in [3.05, 3.63) is 59.2 Å². The molecule has 7 nitrogen and oxygen atoms in total. The lowest BCUT2D eigenvalue weighted by Crippen LogP contribution is -2.36. The SMILES string of the molecule is Cc1cccc(C)c1OCCCNC(=O)NCc1ccc(S(N)(=O)=O)cc1. The lowest BCUT2D eigenvalue weighted by Gasteiger charge is -2.12. The Balaban J connectivity index is 1.66. The number of urea groups is 1. The van der Waals surface area contributed by atoms with Crippen molar-refractivity contribution in [3.8, 4) is 5.75 Å². The number of sulfonamides is 1. The first-order chi connectivity index (χ1) is 12.8. The second-order valence-corrected chi connectivity index (χ2v) is 7.78. The Morgan fingerprint density at radius 1 is 1.04 bits per heavy atom. The van der Waals surface area contributed by atoms with E-state index >= 15 is 0 Å². The van der Waals surface area contributed by atoms with Crippen LogP contribution in [0.3, 0.4) is 0 Å². The number of aryl methyl sites for hydroxylation is 2. The molecule has 2 aromatic carbocycles. The summed E-state index contributed by atoms with van der Waals surface area (Å²) in [5.41, 5.74) is 2.96. The van der Waals surface area contributed by atoms with E-state index in [-0.39, 0.29) is 17.5 Å². The van der Waals surface area contributed by atoms with E-state index in [9.17, 15) is 13.2 Å². The minimum absolute atomic E-state index is 0.0413. The molecular weight excluding hydrogens is 366 g/mol. The van der Waals surface area contributed by atoms with Crippen molar-refractivity contribution < 1.29 is 17.9 Å². The molecule has 27 heavy (non-hydrogen) atoms. The van der Waals surface area contributed by atoms with E-state index in [0.29, 0.717) is 19.6 Å². The van der Waals surface area contributed by atoms with Gasteiger partial charge in [0.2, 0.25) is 10.0 Å². The highest BCUT2D eigenvalue weighted by Crippen LogP contribution is 2.22. The number of nitrogens with two attached hydrogens (primary N) is 1. The van der Waals surface area contributed by atoms with Gasteiger partial charge in [0.1, 0.15) is 5.75 Å². The number of amides is 2. The number of hydrogen-bond donors (Lipinski definition) is 3. The fourth-order valence-corrected chi connectivity index (χ4v) is 3.03.